The van der Waals surface area contributed by atoms with Crippen molar-refractivity contribution in [1.82, 2.24) is 19.4 Å². The lowest BCUT2D eigenvalue weighted by molar-refractivity contribution is -0.130. The lowest BCUT2D eigenvalue weighted by Crippen LogP contribution is -2.28. The molecule has 6 nitrogen and oxygen atoms in total. The van der Waals surface area contributed by atoms with Gasteiger partial charge in [-0.1, -0.05) is 6.07 Å². The van der Waals surface area contributed by atoms with Crippen LogP contribution in [0.5, 0.6) is 0 Å². The molecule has 2 aromatic heterocycles. The van der Waals surface area contributed by atoms with E-state index in [0.717, 1.165) is 17.8 Å². The topological polar surface area (TPSA) is 61.1 Å². The van der Waals surface area contributed by atoms with Crippen LogP contribution in [0.1, 0.15) is 12.1 Å². The minimum absolute atomic E-state index is 0.00642. The van der Waals surface area contributed by atoms with Crippen LogP contribution < -0.4 is 0 Å². The van der Waals surface area contributed by atoms with Crippen molar-refractivity contribution < 1.29 is 9.90 Å². The average Bonchev–Trinajstić information content (AvgIpc) is 3.02. The first kappa shape index (κ1) is 15.0. The highest BCUT2D eigenvalue weighted by Crippen LogP contribution is 2.22. The van der Waals surface area contributed by atoms with Crippen LogP contribution in [0.3, 0.4) is 0 Å². The minimum Gasteiger partial charge on any atom is -0.391 e. The highest BCUT2D eigenvalue weighted by atomic mass is 16.3. The molecule has 3 heterocycles. The SMILES string of the molecule is CN(C)C(=O)C[C@@H]1CN(Cc2cc3ccccn3n2)C[C@H]1O. The second-order valence-corrected chi connectivity index (χ2v) is 6.22. The lowest BCUT2D eigenvalue weighted by atomic mass is 10.0. The van der Waals surface area contributed by atoms with Gasteiger partial charge in [0.2, 0.25) is 5.91 Å². The molecule has 1 aliphatic rings. The van der Waals surface area contributed by atoms with E-state index in [-0.39, 0.29) is 11.8 Å². The molecule has 6 heteroatoms. The summed E-state index contributed by atoms with van der Waals surface area (Å²) in [6.45, 7) is 2.03. The number of aromatic nitrogens is 2. The molecular weight excluding hydrogens is 280 g/mol. The number of nitrogens with zero attached hydrogens (tertiary/aromatic N) is 4. The smallest absolute Gasteiger partial charge is 0.222 e. The van der Waals surface area contributed by atoms with Crippen molar-refractivity contribution >= 4 is 11.4 Å². The summed E-state index contributed by atoms with van der Waals surface area (Å²) >= 11 is 0. The van der Waals surface area contributed by atoms with Gasteiger partial charge in [0.05, 0.1) is 17.3 Å². The molecule has 0 radical (unpaired) electrons. The van der Waals surface area contributed by atoms with E-state index in [1.54, 1.807) is 19.0 Å². The van der Waals surface area contributed by atoms with Gasteiger partial charge in [-0.05, 0) is 18.2 Å². The third-order valence-corrected chi connectivity index (χ3v) is 4.22. The summed E-state index contributed by atoms with van der Waals surface area (Å²) in [7, 11) is 3.50. The summed E-state index contributed by atoms with van der Waals surface area (Å²) in [4.78, 5) is 15.6. The Morgan fingerprint density at radius 3 is 2.95 bits per heavy atom. The van der Waals surface area contributed by atoms with Gasteiger partial charge in [-0.25, -0.2) is 4.52 Å². The van der Waals surface area contributed by atoms with Gasteiger partial charge < -0.3 is 10.0 Å². The molecule has 0 aromatic carbocycles. The molecule has 0 unspecified atom stereocenters. The Morgan fingerprint density at radius 1 is 1.41 bits per heavy atom. The summed E-state index contributed by atoms with van der Waals surface area (Å²) in [5.41, 5.74) is 2.05. The summed E-state index contributed by atoms with van der Waals surface area (Å²) in [5, 5.41) is 14.7. The van der Waals surface area contributed by atoms with Crippen molar-refractivity contribution in [2.75, 3.05) is 27.2 Å². The maximum atomic E-state index is 11.8. The molecule has 0 spiro atoms. The number of amides is 1. The number of hydrogen-bond donors (Lipinski definition) is 1. The number of fused-ring (bicyclic) bond motifs is 1. The molecule has 118 valence electrons. The number of hydrogen-bond acceptors (Lipinski definition) is 4. The summed E-state index contributed by atoms with van der Waals surface area (Å²) in [5.74, 6) is 0.0746. The maximum Gasteiger partial charge on any atom is 0.222 e. The average molecular weight is 302 g/mol. The maximum absolute atomic E-state index is 11.8. The zero-order valence-electron chi connectivity index (χ0n) is 13.0. The zero-order valence-corrected chi connectivity index (χ0v) is 13.0. The number of likely N-dealkylation sites (tertiary alicyclic amines) is 1. The van der Waals surface area contributed by atoms with E-state index in [2.05, 4.69) is 16.1 Å². The van der Waals surface area contributed by atoms with Gasteiger partial charge in [-0.3, -0.25) is 9.69 Å². The van der Waals surface area contributed by atoms with Crippen molar-refractivity contribution in [3.63, 3.8) is 0 Å². The second-order valence-electron chi connectivity index (χ2n) is 6.22. The third-order valence-electron chi connectivity index (χ3n) is 4.22. The Hall–Kier alpha value is -1.92. The van der Waals surface area contributed by atoms with E-state index in [9.17, 15) is 9.90 Å². The lowest BCUT2D eigenvalue weighted by Gasteiger charge is -2.16. The Balaban J connectivity index is 1.63. The first-order valence-corrected chi connectivity index (χ1v) is 7.57. The van der Waals surface area contributed by atoms with Crippen molar-refractivity contribution in [3.05, 3.63) is 36.2 Å². The molecule has 1 aliphatic heterocycles. The molecule has 3 rings (SSSR count). The Labute approximate surface area is 129 Å². The summed E-state index contributed by atoms with van der Waals surface area (Å²) in [6, 6.07) is 8.02. The molecule has 0 aliphatic carbocycles. The van der Waals surface area contributed by atoms with E-state index >= 15 is 0 Å². The molecule has 1 fully saturated rings. The van der Waals surface area contributed by atoms with Crippen LogP contribution >= 0.6 is 0 Å². The van der Waals surface area contributed by atoms with Crippen LogP contribution in [0, 0.1) is 5.92 Å². The molecule has 1 saturated heterocycles. The highest BCUT2D eigenvalue weighted by molar-refractivity contribution is 5.75. The van der Waals surface area contributed by atoms with Gasteiger partial charge in [0.15, 0.2) is 0 Å². The van der Waals surface area contributed by atoms with Gasteiger partial charge in [0.1, 0.15) is 0 Å². The number of aliphatic hydroxyl groups excluding tert-OH is 1. The van der Waals surface area contributed by atoms with Gasteiger partial charge >= 0.3 is 0 Å². The van der Waals surface area contributed by atoms with Gasteiger partial charge in [0, 0.05) is 52.3 Å². The number of rotatable bonds is 4. The van der Waals surface area contributed by atoms with Crippen LogP contribution in [0.25, 0.3) is 5.52 Å². The first-order chi connectivity index (χ1) is 10.5. The van der Waals surface area contributed by atoms with E-state index < -0.39 is 6.10 Å². The quantitative estimate of drug-likeness (QED) is 0.899. The Kier molecular flexibility index (Phi) is 4.13. The minimum atomic E-state index is -0.444. The van der Waals surface area contributed by atoms with Crippen LogP contribution in [0.2, 0.25) is 0 Å². The zero-order chi connectivity index (χ0) is 15.7. The number of β-amino-alcohol motifs (C(OH)–C–C–N with tert-alkyl or cyclic N) is 1. The van der Waals surface area contributed by atoms with Crippen LogP contribution in [0.4, 0.5) is 0 Å². The van der Waals surface area contributed by atoms with E-state index in [1.165, 1.54) is 0 Å². The molecule has 2 atom stereocenters. The van der Waals surface area contributed by atoms with Crippen molar-refractivity contribution in [3.8, 4) is 0 Å². The number of aliphatic hydroxyl groups is 1. The van der Waals surface area contributed by atoms with Crippen molar-refractivity contribution in [1.29, 1.82) is 0 Å². The summed E-state index contributed by atoms with van der Waals surface area (Å²) in [6.07, 6.45) is 1.88. The largest absolute Gasteiger partial charge is 0.391 e. The fraction of sp³-hybridized carbons (Fsp3) is 0.500. The Bertz CT molecular complexity index is 634. The highest BCUT2D eigenvalue weighted by Gasteiger charge is 2.33. The fourth-order valence-corrected chi connectivity index (χ4v) is 2.98. The molecule has 0 saturated carbocycles. The third kappa shape index (κ3) is 3.13. The van der Waals surface area contributed by atoms with Crippen LogP contribution in [0.15, 0.2) is 30.5 Å². The molecule has 1 amide bonds. The van der Waals surface area contributed by atoms with Gasteiger partial charge in [0.25, 0.3) is 0 Å². The number of pyridine rings is 1. The number of carbonyl (C=O) groups is 1. The first-order valence-electron chi connectivity index (χ1n) is 7.57. The predicted octanol–water partition coefficient (Wildman–Crippen LogP) is 0.605. The van der Waals surface area contributed by atoms with E-state index in [4.69, 9.17) is 0 Å². The summed E-state index contributed by atoms with van der Waals surface area (Å²) < 4.78 is 1.86. The molecular formula is C16H22N4O2. The van der Waals surface area contributed by atoms with Crippen molar-refractivity contribution in [2.45, 2.75) is 19.1 Å². The fourth-order valence-electron chi connectivity index (χ4n) is 2.98. The normalized spacial score (nSPS) is 22.3. The predicted molar refractivity (Wildman–Crippen MR) is 83.3 cm³/mol. The Morgan fingerprint density at radius 2 is 2.23 bits per heavy atom. The number of carbonyl (C=O) groups excluding carboxylic acids is 1. The molecule has 0 bridgehead atoms. The van der Waals surface area contributed by atoms with E-state index in [1.807, 2.05) is 28.9 Å². The van der Waals surface area contributed by atoms with Gasteiger partial charge in [-0.15, -0.1) is 0 Å². The van der Waals surface area contributed by atoms with Crippen LogP contribution in [-0.4, -0.2) is 63.7 Å². The monoisotopic (exact) mass is 302 g/mol. The van der Waals surface area contributed by atoms with Gasteiger partial charge in [-0.2, -0.15) is 5.10 Å². The van der Waals surface area contributed by atoms with Crippen LogP contribution in [-0.2, 0) is 11.3 Å². The molecule has 1 N–H and O–H groups in total. The molecule has 22 heavy (non-hydrogen) atoms. The molecule has 2 aromatic rings. The second kappa shape index (κ2) is 6.06. The van der Waals surface area contributed by atoms with E-state index in [0.29, 0.717) is 19.5 Å². The standard InChI is InChI=1S/C16H22N4O2/c1-18(2)16(22)7-12-9-19(11-15(12)21)10-13-8-14-5-3-4-6-20(14)17-13/h3-6,8,12,15,21H,7,9-11H2,1-2H3/t12-,15-/m1/s1. The van der Waals surface area contributed by atoms with Crippen molar-refractivity contribution in [2.24, 2.45) is 5.92 Å².